The Hall–Kier alpha value is -1.64. The van der Waals surface area contributed by atoms with Gasteiger partial charge in [0.2, 0.25) is 0 Å². The molecule has 1 heterocycles. The highest BCUT2D eigenvalue weighted by Gasteiger charge is 2.27. The number of alkyl halides is 3. The fourth-order valence-electron chi connectivity index (χ4n) is 1.83. The van der Waals surface area contributed by atoms with Gasteiger partial charge in [-0.15, -0.1) is 23.7 Å². The van der Waals surface area contributed by atoms with Gasteiger partial charge in [0.25, 0.3) is 5.91 Å². The number of aromatic nitrogens is 1. The zero-order valence-electron chi connectivity index (χ0n) is 11.9. The molecule has 4 nitrogen and oxygen atoms in total. The minimum Gasteiger partial charge on any atom is -0.325 e. The number of hydrogen-bond donors (Lipinski definition) is 2. The lowest BCUT2D eigenvalue weighted by Gasteiger charge is -2.11. The van der Waals surface area contributed by atoms with Crippen molar-refractivity contribution in [2.24, 2.45) is 5.73 Å². The third-order valence-corrected chi connectivity index (χ3v) is 3.77. The van der Waals surface area contributed by atoms with Gasteiger partial charge in [0.15, 0.2) is 0 Å². The minimum atomic E-state index is -4.23. The van der Waals surface area contributed by atoms with E-state index in [1.165, 1.54) is 11.3 Å². The first-order valence-electron chi connectivity index (χ1n) is 6.49. The van der Waals surface area contributed by atoms with Crippen LogP contribution in [0.5, 0.6) is 0 Å². The molecule has 0 bridgehead atoms. The number of carbonyl (C=O) groups is 1. The lowest BCUT2D eigenvalue weighted by molar-refractivity contribution is -0.133. The van der Waals surface area contributed by atoms with Crippen LogP contribution in [0.15, 0.2) is 29.6 Å². The first-order valence-corrected chi connectivity index (χ1v) is 7.37. The standard InChI is InChI=1S/C14H14F3N3OS.ClH/c15-14(16,17)6-5-9-3-1-2-4-10(9)20-13(21)11-8-22-12(7-18)19-11;/h1-4,8H,5-7,18H2,(H,20,21);1H. The Kier molecular flexibility index (Phi) is 6.99. The summed E-state index contributed by atoms with van der Waals surface area (Å²) < 4.78 is 37.0. The number of nitrogens with two attached hydrogens (primary N) is 1. The average molecular weight is 366 g/mol. The van der Waals surface area contributed by atoms with Gasteiger partial charge in [-0.2, -0.15) is 13.2 Å². The summed E-state index contributed by atoms with van der Waals surface area (Å²) in [6.45, 7) is 0.236. The van der Waals surface area contributed by atoms with Crippen LogP contribution in [-0.4, -0.2) is 17.1 Å². The van der Waals surface area contributed by atoms with Crippen molar-refractivity contribution in [2.75, 3.05) is 5.32 Å². The van der Waals surface area contributed by atoms with Crippen LogP contribution in [0.1, 0.15) is 27.5 Å². The summed E-state index contributed by atoms with van der Waals surface area (Å²) in [6, 6.07) is 6.42. The zero-order chi connectivity index (χ0) is 16.2. The zero-order valence-corrected chi connectivity index (χ0v) is 13.5. The molecule has 0 saturated carbocycles. The third kappa shape index (κ3) is 5.81. The fourth-order valence-corrected chi connectivity index (χ4v) is 2.49. The molecule has 1 aromatic carbocycles. The largest absolute Gasteiger partial charge is 0.389 e. The van der Waals surface area contributed by atoms with Crippen molar-refractivity contribution in [2.45, 2.75) is 25.6 Å². The van der Waals surface area contributed by atoms with Crippen molar-refractivity contribution in [3.8, 4) is 0 Å². The molecule has 3 N–H and O–H groups in total. The minimum absolute atomic E-state index is 0. The Balaban J connectivity index is 0.00000264. The molecule has 0 spiro atoms. The Morgan fingerprint density at radius 3 is 2.61 bits per heavy atom. The normalized spacial score (nSPS) is 11.0. The van der Waals surface area contributed by atoms with E-state index < -0.39 is 18.5 Å². The average Bonchev–Trinajstić information content (AvgIpc) is 2.94. The summed E-state index contributed by atoms with van der Waals surface area (Å²) in [5, 5.41) is 4.78. The highest BCUT2D eigenvalue weighted by Crippen LogP contribution is 2.25. The van der Waals surface area contributed by atoms with E-state index in [0.29, 0.717) is 16.3 Å². The molecule has 0 aliphatic carbocycles. The van der Waals surface area contributed by atoms with E-state index >= 15 is 0 Å². The predicted molar refractivity (Wildman–Crippen MR) is 86.0 cm³/mol. The molecule has 1 aromatic heterocycles. The second-order valence-corrected chi connectivity index (χ2v) is 5.50. The Morgan fingerprint density at radius 2 is 2.00 bits per heavy atom. The van der Waals surface area contributed by atoms with Gasteiger partial charge in [-0.05, 0) is 18.1 Å². The number of carbonyl (C=O) groups excluding carboxylic acids is 1. The van der Waals surface area contributed by atoms with Crippen molar-refractivity contribution in [3.63, 3.8) is 0 Å². The molecule has 23 heavy (non-hydrogen) atoms. The van der Waals surface area contributed by atoms with Crippen molar-refractivity contribution >= 4 is 35.3 Å². The van der Waals surface area contributed by atoms with E-state index in [-0.39, 0.29) is 31.1 Å². The van der Waals surface area contributed by atoms with Crippen LogP contribution < -0.4 is 11.1 Å². The molecule has 0 radical (unpaired) electrons. The van der Waals surface area contributed by atoms with E-state index in [9.17, 15) is 18.0 Å². The summed E-state index contributed by atoms with van der Waals surface area (Å²) >= 11 is 1.26. The van der Waals surface area contributed by atoms with Crippen LogP contribution >= 0.6 is 23.7 Å². The molecule has 0 unspecified atom stereocenters. The van der Waals surface area contributed by atoms with Gasteiger partial charge in [-0.3, -0.25) is 4.79 Å². The first-order chi connectivity index (χ1) is 10.4. The summed E-state index contributed by atoms with van der Waals surface area (Å²) in [5.41, 5.74) is 6.43. The van der Waals surface area contributed by atoms with Gasteiger partial charge in [0.05, 0.1) is 0 Å². The van der Waals surface area contributed by atoms with Gasteiger partial charge >= 0.3 is 6.18 Å². The second-order valence-electron chi connectivity index (χ2n) is 4.56. The van der Waals surface area contributed by atoms with Gasteiger partial charge in [-0.1, -0.05) is 18.2 Å². The monoisotopic (exact) mass is 365 g/mol. The van der Waals surface area contributed by atoms with Crippen molar-refractivity contribution < 1.29 is 18.0 Å². The fraction of sp³-hybridized carbons (Fsp3) is 0.286. The van der Waals surface area contributed by atoms with Crippen LogP contribution in [0.2, 0.25) is 0 Å². The Bertz CT molecular complexity index is 661. The molecule has 0 saturated heterocycles. The van der Waals surface area contributed by atoms with E-state index in [0.717, 1.165) is 0 Å². The molecular formula is C14H15ClF3N3OS. The third-order valence-electron chi connectivity index (χ3n) is 2.90. The molecule has 0 fully saturated rings. The number of nitrogens with one attached hydrogen (secondary N) is 1. The maximum absolute atomic E-state index is 12.3. The summed E-state index contributed by atoms with van der Waals surface area (Å²) in [5.74, 6) is -0.463. The van der Waals surface area contributed by atoms with E-state index in [2.05, 4.69) is 10.3 Å². The maximum atomic E-state index is 12.3. The van der Waals surface area contributed by atoms with Crippen LogP contribution in [0.25, 0.3) is 0 Å². The number of thiazole rings is 1. The second kappa shape index (κ2) is 8.28. The lowest BCUT2D eigenvalue weighted by Crippen LogP contribution is -2.15. The highest BCUT2D eigenvalue weighted by atomic mass is 35.5. The van der Waals surface area contributed by atoms with Gasteiger partial charge in [0.1, 0.15) is 10.7 Å². The molecule has 9 heteroatoms. The quantitative estimate of drug-likeness (QED) is 0.847. The molecular weight excluding hydrogens is 351 g/mol. The van der Waals surface area contributed by atoms with Gasteiger partial charge < -0.3 is 11.1 Å². The Morgan fingerprint density at radius 1 is 1.30 bits per heavy atom. The lowest BCUT2D eigenvalue weighted by atomic mass is 10.1. The first kappa shape index (κ1) is 19.4. The van der Waals surface area contributed by atoms with Crippen molar-refractivity contribution in [3.05, 3.63) is 45.9 Å². The number of nitrogens with zero attached hydrogens (tertiary/aromatic N) is 1. The molecule has 0 aliphatic rings. The van der Waals surface area contributed by atoms with E-state index in [1.54, 1.807) is 29.6 Å². The highest BCUT2D eigenvalue weighted by molar-refractivity contribution is 7.09. The molecule has 126 valence electrons. The molecule has 2 rings (SSSR count). The van der Waals surface area contributed by atoms with Gasteiger partial charge in [0, 0.05) is 24.0 Å². The number of halogens is 4. The maximum Gasteiger partial charge on any atom is 0.389 e. The summed E-state index contributed by atoms with van der Waals surface area (Å²) in [6.07, 6.45) is -5.36. The smallest absolute Gasteiger partial charge is 0.325 e. The number of benzene rings is 1. The molecule has 0 aliphatic heterocycles. The summed E-state index contributed by atoms with van der Waals surface area (Å²) in [7, 11) is 0. The molecule has 2 aromatic rings. The number of aryl methyl sites for hydroxylation is 1. The number of hydrogen-bond acceptors (Lipinski definition) is 4. The van der Waals surface area contributed by atoms with Gasteiger partial charge in [-0.25, -0.2) is 4.98 Å². The van der Waals surface area contributed by atoms with Crippen LogP contribution in [-0.2, 0) is 13.0 Å². The number of amides is 1. The van der Waals surface area contributed by atoms with Crippen molar-refractivity contribution in [1.29, 1.82) is 0 Å². The summed E-state index contributed by atoms with van der Waals surface area (Å²) in [4.78, 5) is 16.1. The van der Waals surface area contributed by atoms with Crippen LogP contribution in [0.4, 0.5) is 18.9 Å². The topological polar surface area (TPSA) is 68.0 Å². The predicted octanol–water partition coefficient (Wildman–Crippen LogP) is 3.77. The van der Waals surface area contributed by atoms with Crippen molar-refractivity contribution in [1.82, 2.24) is 4.98 Å². The number of rotatable bonds is 5. The van der Waals surface area contributed by atoms with Crippen LogP contribution in [0, 0.1) is 0 Å². The molecule has 0 atom stereocenters. The SMILES string of the molecule is Cl.NCc1nc(C(=O)Nc2ccccc2CCC(F)(F)F)cs1. The van der Waals surface area contributed by atoms with E-state index in [1.807, 2.05) is 0 Å². The van der Waals surface area contributed by atoms with E-state index in [4.69, 9.17) is 5.73 Å². The van der Waals surface area contributed by atoms with Crippen LogP contribution in [0.3, 0.4) is 0 Å². The Labute approximate surface area is 141 Å². The number of para-hydroxylation sites is 1. The molecule has 1 amide bonds. The number of anilines is 1.